The van der Waals surface area contributed by atoms with E-state index in [0.29, 0.717) is 32.7 Å². The van der Waals surface area contributed by atoms with Gasteiger partial charge in [0.1, 0.15) is 6.61 Å². The second-order valence-electron chi connectivity index (χ2n) is 2.94. The van der Waals surface area contributed by atoms with Gasteiger partial charge in [0.05, 0.1) is 6.54 Å². The molecular weight excluding hydrogens is 184 g/mol. The monoisotopic (exact) mass is 198 g/mol. The Morgan fingerprint density at radius 3 is 3.07 bits per heavy atom. The number of rotatable bonds is 5. The standard InChI is InChI=1S/C9H14N2O3/c1-2-4-10-8(12)3-5-11-6-7-14-9(11)13/h2H,1,3-7H2,(H,10,12). The second kappa shape index (κ2) is 5.26. The fourth-order valence-electron chi connectivity index (χ4n) is 1.14. The zero-order valence-electron chi connectivity index (χ0n) is 7.99. The topological polar surface area (TPSA) is 58.6 Å². The Hall–Kier alpha value is -1.52. The van der Waals surface area contributed by atoms with Gasteiger partial charge >= 0.3 is 6.09 Å². The number of carbonyl (C=O) groups excluding carboxylic acids is 2. The van der Waals surface area contributed by atoms with Gasteiger partial charge in [0, 0.05) is 19.5 Å². The van der Waals surface area contributed by atoms with Crippen LogP contribution in [0.3, 0.4) is 0 Å². The summed E-state index contributed by atoms with van der Waals surface area (Å²) in [6, 6.07) is 0. The average Bonchev–Trinajstić information content (AvgIpc) is 2.58. The van der Waals surface area contributed by atoms with Crippen LogP contribution in [-0.4, -0.2) is 43.1 Å². The Morgan fingerprint density at radius 1 is 1.71 bits per heavy atom. The van der Waals surface area contributed by atoms with Crippen molar-refractivity contribution in [3.63, 3.8) is 0 Å². The van der Waals surface area contributed by atoms with Gasteiger partial charge in [-0.15, -0.1) is 6.58 Å². The fourth-order valence-corrected chi connectivity index (χ4v) is 1.14. The minimum Gasteiger partial charge on any atom is -0.448 e. The van der Waals surface area contributed by atoms with Crippen molar-refractivity contribution in [1.29, 1.82) is 0 Å². The lowest BCUT2D eigenvalue weighted by Gasteiger charge is -2.11. The quantitative estimate of drug-likeness (QED) is 0.639. The first-order chi connectivity index (χ1) is 6.74. The number of nitrogens with one attached hydrogen (secondary N) is 1. The molecule has 1 aliphatic rings. The third-order valence-electron chi connectivity index (χ3n) is 1.90. The molecule has 1 aliphatic heterocycles. The van der Waals surface area contributed by atoms with Gasteiger partial charge in [-0.05, 0) is 0 Å². The first-order valence-electron chi connectivity index (χ1n) is 4.53. The van der Waals surface area contributed by atoms with Gasteiger partial charge < -0.3 is 15.0 Å². The molecule has 0 bridgehead atoms. The Labute approximate surface area is 82.7 Å². The van der Waals surface area contributed by atoms with Crippen molar-refractivity contribution in [2.24, 2.45) is 0 Å². The van der Waals surface area contributed by atoms with Crippen molar-refractivity contribution in [3.05, 3.63) is 12.7 Å². The highest BCUT2D eigenvalue weighted by atomic mass is 16.6. The molecule has 0 aliphatic carbocycles. The largest absolute Gasteiger partial charge is 0.448 e. The summed E-state index contributed by atoms with van der Waals surface area (Å²) in [6.07, 6.45) is 1.59. The minimum atomic E-state index is -0.332. The maximum Gasteiger partial charge on any atom is 0.409 e. The molecule has 0 atom stereocenters. The predicted octanol–water partition coefficient (Wildman–Crippen LogP) is 0.131. The Morgan fingerprint density at radius 2 is 2.50 bits per heavy atom. The molecule has 1 heterocycles. The number of amides is 2. The Balaban J connectivity index is 2.16. The van der Waals surface area contributed by atoms with E-state index in [1.165, 1.54) is 4.90 Å². The molecule has 1 fully saturated rings. The van der Waals surface area contributed by atoms with Gasteiger partial charge in [-0.2, -0.15) is 0 Å². The lowest BCUT2D eigenvalue weighted by molar-refractivity contribution is -0.121. The first-order valence-corrected chi connectivity index (χ1v) is 4.53. The molecule has 0 aromatic rings. The molecule has 0 saturated carbocycles. The van der Waals surface area contributed by atoms with Crippen molar-refractivity contribution in [3.8, 4) is 0 Å². The van der Waals surface area contributed by atoms with Gasteiger partial charge in [0.25, 0.3) is 0 Å². The van der Waals surface area contributed by atoms with E-state index < -0.39 is 0 Å². The maximum absolute atomic E-state index is 11.1. The molecule has 1 rings (SSSR count). The zero-order chi connectivity index (χ0) is 10.4. The SMILES string of the molecule is C=CCNC(=O)CCN1CCOC1=O. The molecule has 5 heteroatoms. The molecule has 14 heavy (non-hydrogen) atoms. The molecule has 0 radical (unpaired) electrons. The number of nitrogens with zero attached hydrogens (tertiary/aromatic N) is 1. The molecule has 2 amide bonds. The van der Waals surface area contributed by atoms with Gasteiger partial charge in [-0.25, -0.2) is 4.79 Å². The van der Waals surface area contributed by atoms with Crippen LogP contribution >= 0.6 is 0 Å². The average molecular weight is 198 g/mol. The van der Waals surface area contributed by atoms with Gasteiger partial charge in [0.15, 0.2) is 0 Å². The zero-order valence-corrected chi connectivity index (χ0v) is 7.99. The normalized spacial score (nSPS) is 15.1. The van der Waals surface area contributed by atoms with Crippen LogP contribution in [0.1, 0.15) is 6.42 Å². The van der Waals surface area contributed by atoms with Crippen LogP contribution < -0.4 is 5.32 Å². The van der Waals surface area contributed by atoms with Gasteiger partial charge in [0.2, 0.25) is 5.91 Å². The highest BCUT2D eigenvalue weighted by Gasteiger charge is 2.21. The van der Waals surface area contributed by atoms with Crippen molar-refractivity contribution in [2.75, 3.05) is 26.2 Å². The Bertz CT molecular complexity index is 240. The minimum absolute atomic E-state index is 0.0791. The van der Waals surface area contributed by atoms with Crippen LogP contribution in [0.2, 0.25) is 0 Å². The van der Waals surface area contributed by atoms with E-state index in [0.717, 1.165) is 0 Å². The van der Waals surface area contributed by atoms with E-state index in [9.17, 15) is 9.59 Å². The van der Waals surface area contributed by atoms with Crippen molar-refractivity contribution < 1.29 is 14.3 Å². The molecule has 78 valence electrons. The summed E-state index contributed by atoms with van der Waals surface area (Å²) in [7, 11) is 0. The first kappa shape index (κ1) is 10.6. The van der Waals surface area contributed by atoms with E-state index in [4.69, 9.17) is 4.74 Å². The van der Waals surface area contributed by atoms with Crippen LogP contribution in [0.25, 0.3) is 0 Å². The molecule has 0 spiro atoms. The van der Waals surface area contributed by atoms with E-state index >= 15 is 0 Å². The number of ether oxygens (including phenoxy) is 1. The molecule has 1 saturated heterocycles. The van der Waals surface area contributed by atoms with Crippen LogP contribution in [0.4, 0.5) is 4.79 Å². The lowest BCUT2D eigenvalue weighted by Crippen LogP contribution is -2.31. The van der Waals surface area contributed by atoms with Crippen molar-refractivity contribution in [1.82, 2.24) is 10.2 Å². The van der Waals surface area contributed by atoms with Gasteiger partial charge in [-0.1, -0.05) is 6.08 Å². The third-order valence-corrected chi connectivity index (χ3v) is 1.90. The summed E-state index contributed by atoms with van der Waals surface area (Å²) in [5.41, 5.74) is 0. The third kappa shape index (κ3) is 3.08. The van der Waals surface area contributed by atoms with Crippen molar-refractivity contribution >= 4 is 12.0 Å². The maximum atomic E-state index is 11.1. The molecule has 1 N–H and O–H groups in total. The highest BCUT2D eigenvalue weighted by Crippen LogP contribution is 2.03. The predicted molar refractivity (Wildman–Crippen MR) is 50.7 cm³/mol. The van der Waals surface area contributed by atoms with Gasteiger partial charge in [-0.3, -0.25) is 4.79 Å². The molecule has 0 aromatic heterocycles. The number of carbonyl (C=O) groups is 2. The smallest absolute Gasteiger partial charge is 0.409 e. The molecule has 5 nitrogen and oxygen atoms in total. The second-order valence-corrected chi connectivity index (χ2v) is 2.94. The van der Waals surface area contributed by atoms with E-state index in [-0.39, 0.29) is 12.0 Å². The summed E-state index contributed by atoms with van der Waals surface area (Å²) in [4.78, 5) is 23.6. The summed E-state index contributed by atoms with van der Waals surface area (Å²) >= 11 is 0. The van der Waals surface area contributed by atoms with E-state index in [2.05, 4.69) is 11.9 Å². The summed E-state index contributed by atoms with van der Waals surface area (Å²) in [5.74, 6) is -0.0791. The van der Waals surface area contributed by atoms with Crippen LogP contribution in [0.5, 0.6) is 0 Å². The number of hydrogen-bond acceptors (Lipinski definition) is 3. The highest BCUT2D eigenvalue weighted by molar-refractivity contribution is 5.77. The van der Waals surface area contributed by atoms with Crippen LogP contribution in [-0.2, 0) is 9.53 Å². The molecule has 0 aromatic carbocycles. The summed E-state index contributed by atoms with van der Waals surface area (Å²) < 4.78 is 4.72. The van der Waals surface area contributed by atoms with Crippen molar-refractivity contribution in [2.45, 2.75) is 6.42 Å². The number of cyclic esters (lactones) is 1. The number of hydrogen-bond donors (Lipinski definition) is 1. The van der Waals surface area contributed by atoms with E-state index in [1.54, 1.807) is 6.08 Å². The summed E-state index contributed by atoms with van der Waals surface area (Å²) in [6.45, 7) is 5.36. The summed E-state index contributed by atoms with van der Waals surface area (Å²) in [5, 5.41) is 2.64. The molecule has 0 unspecified atom stereocenters. The van der Waals surface area contributed by atoms with Crippen LogP contribution in [0.15, 0.2) is 12.7 Å². The molecular formula is C9H14N2O3. The van der Waals surface area contributed by atoms with E-state index in [1.807, 2.05) is 0 Å². The van der Waals surface area contributed by atoms with Crippen LogP contribution in [0, 0.1) is 0 Å². The Kier molecular flexibility index (Phi) is 3.97. The fraction of sp³-hybridized carbons (Fsp3) is 0.556. The lowest BCUT2D eigenvalue weighted by atomic mass is 10.3.